The molecule has 0 heterocycles. The van der Waals surface area contributed by atoms with Gasteiger partial charge < -0.3 is 4.18 Å². The first-order valence-electron chi connectivity index (χ1n) is 1.90. The molecule has 0 aliphatic rings. The predicted molar refractivity (Wildman–Crippen MR) is 34.3 cm³/mol. The molecule has 0 aromatic carbocycles. The molecule has 0 aromatic heterocycles. The van der Waals surface area contributed by atoms with Gasteiger partial charge in [0.25, 0.3) is 0 Å². The molecule has 40 valence electrons. The van der Waals surface area contributed by atoms with Gasteiger partial charge in [0.2, 0.25) is 0 Å². The van der Waals surface area contributed by atoms with Crippen LogP contribution in [0.2, 0.25) is 0 Å². The fourth-order valence-electron chi connectivity index (χ4n) is 0.182. The van der Waals surface area contributed by atoms with Crippen molar-refractivity contribution in [1.82, 2.24) is 0 Å². The number of hydrogen-bond donors (Lipinski definition) is 1. The van der Waals surface area contributed by atoms with Crippen molar-refractivity contribution < 1.29 is 4.18 Å². The van der Waals surface area contributed by atoms with E-state index in [-0.39, 0.29) is 6.10 Å². The first-order chi connectivity index (χ1) is 3.35. The van der Waals surface area contributed by atoms with E-state index in [1.807, 2.05) is 0 Å². The van der Waals surface area contributed by atoms with Crippen molar-refractivity contribution in [1.29, 1.82) is 0 Å². The van der Waals surface area contributed by atoms with Gasteiger partial charge in [-0.05, 0) is 12.9 Å². The van der Waals surface area contributed by atoms with Gasteiger partial charge in [-0.1, -0.05) is 12.2 Å². The van der Waals surface area contributed by atoms with Gasteiger partial charge in [-0.25, -0.2) is 0 Å². The Bertz CT molecular complexity index is 62.5. The Morgan fingerprint density at radius 1 is 1.43 bits per heavy atom. The fraction of sp³-hybridized carbons (Fsp3) is 0.200. The minimum atomic E-state index is -0.122. The SMILES string of the molecule is C=CC(C=C)OS. The topological polar surface area (TPSA) is 9.23 Å². The highest BCUT2D eigenvalue weighted by Gasteiger charge is 1.89. The zero-order valence-electron chi connectivity index (χ0n) is 4.00. The van der Waals surface area contributed by atoms with Crippen LogP contribution in [0.25, 0.3) is 0 Å². The van der Waals surface area contributed by atoms with Crippen molar-refractivity contribution >= 4 is 12.9 Å². The Morgan fingerprint density at radius 3 is 1.86 bits per heavy atom. The standard InChI is InChI=1S/C5H8OS/c1-3-5(4-2)6-7/h3-5,7H,1-2H2. The van der Waals surface area contributed by atoms with Gasteiger partial charge >= 0.3 is 0 Å². The lowest BCUT2D eigenvalue weighted by Crippen LogP contribution is -1.95. The van der Waals surface area contributed by atoms with Gasteiger partial charge in [-0.2, -0.15) is 0 Å². The third-order valence-electron chi connectivity index (χ3n) is 0.586. The quantitative estimate of drug-likeness (QED) is 0.334. The maximum absolute atomic E-state index is 4.51. The molecule has 0 N–H and O–H groups in total. The lowest BCUT2D eigenvalue weighted by atomic mass is 10.4. The normalized spacial score (nSPS) is 8.86. The first-order valence-corrected chi connectivity index (χ1v) is 2.27. The van der Waals surface area contributed by atoms with E-state index in [1.54, 1.807) is 12.2 Å². The van der Waals surface area contributed by atoms with Crippen LogP contribution in [0.15, 0.2) is 25.3 Å². The van der Waals surface area contributed by atoms with Crippen LogP contribution in [0.5, 0.6) is 0 Å². The minimum absolute atomic E-state index is 0.122. The van der Waals surface area contributed by atoms with Crippen molar-refractivity contribution in [3.05, 3.63) is 25.3 Å². The van der Waals surface area contributed by atoms with E-state index < -0.39 is 0 Å². The summed E-state index contributed by atoms with van der Waals surface area (Å²) in [5.41, 5.74) is 0. The minimum Gasteiger partial charge on any atom is -0.307 e. The third kappa shape index (κ3) is 2.48. The van der Waals surface area contributed by atoms with Crippen LogP contribution in [-0.2, 0) is 4.18 Å². The molecule has 0 aromatic rings. The van der Waals surface area contributed by atoms with Crippen LogP contribution in [0, 0.1) is 0 Å². The first kappa shape index (κ1) is 6.79. The molecule has 0 atom stereocenters. The van der Waals surface area contributed by atoms with Crippen LogP contribution in [0.4, 0.5) is 0 Å². The summed E-state index contributed by atoms with van der Waals surface area (Å²) in [6.45, 7) is 6.92. The molecule has 2 heteroatoms. The van der Waals surface area contributed by atoms with E-state index in [1.165, 1.54) is 0 Å². The molecule has 1 nitrogen and oxygen atoms in total. The summed E-state index contributed by atoms with van der Waals surface area (Å²) in [7, 11) is 0. The van der Waals surface area contributed by atoms with Crippen LogP contribution < -0.4 is 0 Å². The Hall–Kier alpha value is -0.210. The van der Waals surface area contributed by atoms with Gasteiger partial charge in [0.15, 0.2) is 0 Å². The van der Waals surface area contributed by atoms with E-state index in [0.717, 1.165) is 0 Å². The molecular formula is C5H8OS. The molecule has 0 saturated carbocycles. The van der Waals surface area contributed by atoms with E-state index in [9.17, 15) is 0 Å². The summed E-state index contributed by atoms with van der Waals surface area (Å²) in [5.74, 6) is 0. The highest BCUT2D eigenvalue weighted by Crippen LogP contribution is 1.94. The lowest BCUT2D eigenvalue weighted by Gasteiger charge is -1.97. The number of hydrogen-bond acceptors (Lipinski definition) is 2. The Labute approximate surface area is 49.3 Å². The maximum atomic E-state index is 4.51. The van der Waals surface area contributed by atoms with Crippen LogP contribution >= 0.6 is 12.9 Å². The Morgan fingerprint density at radius 2 is 1.86 bits per heavy atom. The molecule has 0 aliphatic heterocycles. The smallest absolute Gasteiger partial charge is 0.108 e. The molecule has 0 aliphatic carbocycles. The van der Waals surface area contributed by atoms with E-state index in [4.69, 9.17) is 0 Å². The Kier molecular flexibility index (Phi) is 3.84. The van der Waals surface area contributed by atoms with Gasteiger partial charge in [0.1, 0.15) is 6.10 Å². The van der Waals surface area contributed by atoms with Crippen LogP contribution in [-0.4, -0.2) is 6.10 Å². The molecule has 7 heavy (non-hydrogen) atoms. The van der Waals surface area contributed by atoms with Gasteiger partial charge in [-0.15, -0.1) is 13.2 Å². The third-order valence-corrected chi connectivity index (χ3v) is 0.830. The van der Waals surface area contributed by atoms with Crippen LogP contribution in [0.3, 0.4) is 0 Å². The molecule has 0 saturated heterocycles. The molecule has 0 amide bonds. The van der Waals surface area contributed by atoms with E-state index in [2.05, 4.69) is 30.3 Å². The zero-order valence-corrected chi connectivity index (χ0v) is 4.90. The van der Waals surface area contributed by atoms with E-state index >= 15 is 0 Å². The van der Waals surface area contributed by atoms with Crippen molar-refractivity contribution in [3.8, 4) is 0 Å². The van der Waals surface area contributed by atoms with Crippen molar-refractivity contribution in [2.24, 2.45) is 0 Å². The lowest BCUT2D eigenvalue weighted by molar-refractivity contribution is 0.360. The maximum Gasteiger partial charge on any atom is 0.108 e. The van der Waals surface area contributed by atoms with E-state index in [0.29, 0.717) is 0 Å². The summed E-state index contributed by atoms with van der Waals surface area (Å²) in [4.78, 5) is 0. The second kappa shape index (κ2) is 3.96. The van der Waals surface area contributed by atoms with Gasteiger partial charge in [-0.3, -0.25) is 0 Å². The zero-order chi connectivity index (χ0) is 5.70. The Balaban J connectivity index is 3.36. The summed E-state index contributed by atoms with van der Waals surface area (Å²) < 4.78 is 4.51. The summed E-state index contributed by atoms with van der Waals surface area (Å²) in [5, 5.41) is 0. The average Bonchev–Trinajstić information content (AvgIpc) is 1.72. The molecular weight excluding hydrogens is 108 g/mol. The second-order valence-electron chi connectivity index (χ2n) is 1.04. The molecule has 0 rings (SSSR count). The average molecular weight is 116 g/mol. The second-order valence-corrected chi connectivity index (χ2v) is 1.25. The summed E-state index contributed by atoms with van der Waals surface area (Å²) >= 11 is 3.53. The summed E-state index contributed by atoms with van der Waals surface area (Å²) in [6, 6.07) is 0. The highest BCUT2D eigenvalue weighted by molar-refractivity contribution is 7.75. The van der Waals surface area contributed by atoms with Gasteiger partial charge in [0, 0.05) is 0 Å². The summed E-state index contributed by atoms with van der Waals surface area (Å²) in [6.07, 6.45) is 3.10. The molecule has 0 radical (unpaired) electrons. The van der Waals surface area contributed by atoms with Crippen LogP contribution in [0.1, 0.15) is 0 Å². The number of rotatable bonds is 3. The predicted octanol–water partition coefficient (Wildman–Crippen LogP) is 1.59. The monoisotopic (exact) mass is 116 g/mol. The van der Waals surface area contributed by atoms with Crippen molar-refractivity contribution in [2.75, 3.05) is 0 Å². The van der Waals surface area contributed by atoms with Crippen molar-refractivity contribution in [2.45, 2.75) is 6.10 Å². The molecule has 0 fully saturated rings. The molecule has 0 spiro atoms. The molecule has 0 unspecified atom stereocenters. The van der Waals surface area contributed by atoms with Gasteiger partial charge in [0.05, 0.1) is 0 Å². The number of thiol groups is 1. The fourth-order valence-corrected chi connectivity index (χ4v) is 0.354. The van der Waals surface area contributed by atoms with Crippen molar-refractivity contribution in [3.63, 3.8) is 0 Å². The largest absolute Gasteiger partial charge is 0.307 e. The highest BCUT2D eigenvalue weighted by atomic mass is 32.1. The molecule has 0 bridgehead atoms.